The molecular weight excluding hydrogens is 469 g/mol. The number of hydrogen-bond acceptors (Lipinski definition) is 3. The molecule has 0 unspecified atom stereocenters. The number of nitrogens with zero attached hydrogens (tertiary/aromatic N) is 2. The van der Waals surface area contributed by atoms with Gasteiger partial charge in [-0.1, -0.05) is 60.1 Å². The lowest BCUT2D eigenvalue weighted by atomic mass is 10.0. The van der Waals surface area contributed by atoms with Crippen molar-refractivity contribution in [2.24, 2.45) is 0 Å². The van der Waals surface area contributed by atoms with Crippen LogP contribution in [0, 0.1) is 0 Å². The van der Waals surface area contributed by atoms with E-state index in [1.807, 2.05) is 24.3 Å². The van der Waals surface area contributed by atoms with Gasteiger partial charge in [-0.2, -0.15) is 18.3 Å². The first-order valence-electron chi connectivity index (χ1n) is 10.2. The smallest absolute Gasteiger partial charge is 0.435 e. The topological polar surface area (TPSA) is 64.3 Å². The van der Waals surface area contributed by atoms with Crippen LogP contribution in [0.5, 0.6) is 5.75 Å². The molecule has 0 saturated carbocycles. The molecule has 34 heavy (non-hydrogen) atoms. The highest BCUT2D eigenvalue weighted by molar-refractivity contribution is 6.32. The fraction of sp³-hybridized carbons (Fsp3) is 0.120. The molecule has 0 amide bonds. The average Bonchev–Trinajstić information content (AvgIpc) is 3.23. The zero-order chi connectivity index (χ0) is 24.3. The number of halogens is 4. The molecule has 1 aromatic heterocycles. The molecule has 0 saturated heterocycles. The number of ether oxygens (including phenoxy) is 1. The van der Waals surface area contributed by atoms with Crippen molar-refractivity contribution >= 4 is 17.6 Å². The number of para-hydroxylation sites is 1. The highest BCUT2D eigenvalue weighted by atomic mass is 35.5. The summed E-state index contributed by atoms with van der Waals surface area (Å²) in [6.45, 7) is -0.155. The van der Waals surface area contributed by atoms with Crippen LogP contribution in [0.3, 0.4) is 0 Å². The lowest BCUT2D eigenvalue weighted by Gasteiger charge is -2.11. The normalized spacial score (nSPS) is 11.4. The largest absolute Gasteiger partial charge is 0.487 e. The van der Waals surface area contributed by atoms with Gasteiger partial charge in [0, 0.05) is 0 Å². The van der Waals surface area contributed by atoms with Crippen molar-refractivity contribution in [3.63, 3.8) is 0 Å². The van der Waals surface area contributed by atoms with Crippen molar-refractivity contribution < 1.29 is 27.8 Å². The van der Waals surface area contributed by atoms with Gasteiger partial charge >= 0.3 is 12.1 Å². The van der Waals surface area contributed by atoms with Gasteiger partial charge in [-0.15, -0.1) is 0 Å². The summed E-state index contributed by atoms with van der Waals surface area (Å²) in [5.74, 6) is -0.431. The monoisotopic (exact) mass is 486 g/mol. The number of alkyl halides is 3. The van der Waals surface area contributed by atoms with Crippen LogP contribution in [0.1, 0.15) is 17.0 Å². The van der Waals surface area contributed by atoms with E-state index in [0.717, 1.165) is 21.9 Å². The summed E-state index contributed by atoms with van der Waals surface area (Å²) in [6.07, 6.45) is -4.66. The summed E-state index contributed by atoms with van der Waals surface area (Å²) in [5, 5.41) is 12.8. The minimum atomic E-state index is -4.61. The van der Waals surface area contributed by atoms with E-state index in [0.29, 0.717) is 17.0 Å². The Labute approximate surface area is 198 Å². The number of aromatic nitrogens is 2. The minimum Gasteiger partial charge on any atom is -0.487 e. The molecule has 0 aliphatic rings. The second-order valence-corrected chi connectivity index (χ2v) is 7.87. The summed E-state index contributed by atoms with van der Waals surface area (Å²) in [6, 6.07) is 21.6. The number of benzene rings is 3. The summed E-state index contributed by atoms with van der Waals surface area (Å²) < 4.78 is 46.7. The first kappa shape index (κ1) is 23.4. The van der Waals surface area contributed by atoms with Crippen LogP contribution in [-0.4, -0.2) is 20.9 Å². The lowest BCUT2D eigenvalue weighted by molar-refractivity contribution is -0.141. The molecule has 4 rings (SSSR count). The third-order valence-electron chi connectivity index (χ3n) is 5.04. The molecule has 174 valence electrons. The zero-order valence-corrected chi connectivity index (χ0v) is 18.3. The van der Waals surface area contributed by atoms with Crippen molar-refractivity contribution in [2.45, 2.75) is 19.2 Å². The van der Waals surface area contributed by atoms with Crippen LogP contribution >= 0.6 is 11.6 Å². The van der Waals surface area contributed by atoms with Crippen LogP contribution in [-0.2, 0) is 24.0 Å². The molecule has 0 radical (unpaired) electrons. The van der Waals surface area contributed by atoms with Gasteiger partial charge in [0.05, 0.1) is 22.8 Å². The number of carbonyl (C=O) groups is 1. The molecule has 0 aliphatic carbocycles. The summed E-state index contributed by atoms with van der Waals surface area (Å²) in [7, 11) is 0. The van der Waals surface area contributed by atoms with E-state index in [1.54, 1.807) is 48.5 Å². The molecule has 9 heteroatoms. The van der Waals surface area contributed by atoms with Crippen LogP contribution in [0.15, 0.2) is 78.9 Å². The molecule has 3 aromatic carbocycles. The maximum Gasteiger partial charge on any atom is 0.435 e. The van der Waals surface area contributed by atoms with Gasteiger partial charge in [0.25, 0.3) is 0 Å². The predicted molar refractivity (Wildman–Crippen MR) is 121 cm³/mol. The van der Waals surface area contributed by atoms with Crippen molar-refractivity contribution in [1.29, 1.82) is 0 Å². The first-order chi connectivity index (χ1) is 16.2. The molecule has 1 N–H and O–H groups in total. The number of rotatable bonds is 7. The Bertz CT molecular complexity index is 1300. The first-order valence-corrected chi connectivity index (χ1v) is 10.5. The number of aliphatic carboxylic acids is 1. The Morgan fingerprint density at radius 2 is 1.59 bits per heavy atom. The van der Waals surface area contributed by atoms with E-state index in [4.69, 9.17) is 21.4 Å². The Hall–Kier alpha value is -3.78. The number of carboxylic acid groups (broad SMARTS) is 1. The summed E-state index contributed by atoms with van der Waals surface area (Å²) in [5.41, 5.74) is 1.96. The van der Waals surface area contributed by atoms with Gasteiger partial charge in [-0.3, -0.25) is 4.79 Å². The van der Waals surface area contributed by atoms with E-state index in [-0.39, 0.29) is 23.7 Å². The fourth-order valence-corrected chi connectivity index (χ4v) is 3.60. The van der Waals surface area contributed by atoms with Gasteiger partial charge in [0.1, 0.15) is 12.4 Å². The molecule has 0 bridgehead atoms. The molecule has 5 nitrogen and oxygen atoms in total. The number of carboxylic acids is 1. The zero-order valence-electron chi connectivity index (χ0n) is 17.6. The third-order valence-corrected chi connectivity index (χ3v) is 5.36. The van der Waals surface area contributed by atoms with E-state index in [2.05, 4.69) is 5.10 Å². The maximum atomic E-state index is 13.3. The SMILES string of the molecule is O=C(O)Cc1ccc(-c2ccc(OCc3cc(C(F)(F)F)nn3-c3ccccc3Cl)cc2)cc1. The predicted octanol–water partition coefficient (Wildman–Crippen LogP) is 6.42. The van der Waals surface area contributed by atoms with Crippen molar-refractivity contribution in [1.82, 2.24) is 9.78 Å². The lowest BCUT2D eigenvalue weighted by Crippen LogP contribution is -2.08. The maximum absolute atomic E-state index is 13.3. The van der Waals surface area contributed by atoms with Gasteiger partial charge in [0.2, 0.25) is 0 Å². The summed E-state index contributed by atoms with van der Waals surface area (Å²) in [4.78, 5) is 10.8. The highest BCUT2D eigenvalue weighted by Gasteiger charge is 2.35. The fourth-order valence-electron chi connectivity index (χ4n) is 3.38. The van der Waals surface area contributed by atoms with Crippen molar-refractivity contribution in [3.8, 4) is 22.6 Å². The van der Waals surface area contributed by atoms with E-state index in [9.17, 15) is 18.0 Å². The summed E-state index contributed by atoms with van der Waals surface area (Å²) >= 11 is 6.17. The van der Waals surface area contributed by atoms with Crippen LogP contribution in [0.4, 0.5) is 13.2 Å². The van der Waals surface area contributed by atoms with E-state index in [1.165, 1.54) is 0 Å². The molecule has 1 heterocycles. The number of hydrogen-bond donors (Lipinski definition) is 1. The standard InChI is InChI=1S/C25H18ClF3N2O3/c26-21-3-1-2-4-22(21)31-19(14-23(30-31)25(27,28)29)15-34-20-11-9-18(10-12-20)17-7-5-16(6-8-17)13-24(32)33/h1-12,14H,13,15H2,(H,32,33). The van der Waals surface area contributed by atoms with Crippen LogP contribution in [0.2, 0.25) is 5.02 Å². The molecule has 0 fully saturated rings. The van der Waals surface area contributed by atoms with Gasteiger partial charge in [0.15, 0.2) is 5.69 Å². The molecule has 4 aromatic rings. The third kappa shape index (κ3) is 5.40. The Balaban J connectivity index is 1.52. The Morgan fingerprint density at radius 3 is 2.18 bits per heavy atom. The molecular formula is C25H18ClF3N2O3. The second-order valence-electron chi connectivity index (χ2n) is 7.46. The van der Waals surface area contributed by atoms with E-state index >= 15 is 0 Å². The Kier molecular flexibility index (Phi) is 6.61. The Morgan fingerprint density at radius 1 is 0.971 bits per heavy atom. The van der Waals surface area contributed by atoms with Crippen LogP contribution in [0.25, 0.3) is 16.8 Å². The highest BCUT2D eigenvalue weighted by Crippen LogP contribution is 2.31. The van der Waals surface area contributed by atoms with Gasteiger partial charge < -0.3 is 9.84 Å². The molecule has 0 spiro atoms. The van der Waals surface area contributed by atoms with Gasteiger partial charge in [-0.05, 0) is 47.0 Å². The van der Waals surface area contributed by atoms with Crippen molar-refractivity contribution in [3.05, 3.63) is 101 Å². The van der Waals surface area contributed by atoms with E-state index < -0.39 is 17.8 Å². The quantitative estimate of drug-likeness (QED) is 0.327. The van der Waals surface area contributed by atoms with Gasteiger partial charge in [-0.25, -0.2) is 4.68 Å². The van der Waals surface area contributed by atoms with Crippen LogP contribution < -0.4 is 4.74 Å². The molecule has 0 atom stereocenters. The molecule has 0 aliphatic heterocycles. The average molecular weight is 487 g/mol. The minimum absolute atomic E-state index is 0.0477. The second kappa shape index (κ2) is 9.61. The van der Waals surface area contributed by atoms with Crippen molar-refractivity contribution in [2.75, 3.05) is 0 Å².